The number of halogens is 3. The summed E-state index contributed by atoms with van der Waals surface area (Å²) >= 11 is 0. The maximum atomic E-state index is 12.9. The molecular weight excluding hydrogens is 289 g/mol. The Labute approximate surface area is 119 Å². The van der Waals surface area contributed by atoms with Crippen molar-refractivity contribution in [3.05, 3.63) is 33.9 Å². The van der Waals surface area contributed by atoms with E-state index in [1.54, 1.807) is 4.90 Å². The summed E-state index contributed by atoms with van der Waals surface area (Å²) in [5.41, 5.74) is -1.99. The standard InChI is InChI=1S/C13H15F3N2O3/c1-8-4-5-17(7-12(8)19)9-2-3-11(18(20)21)10(6-9)13(14,15)16/h2-3,6,8,12,19H,4-5,7H2,1H3. The number of β-amino-alcohol motifs (C(OH)–C–C–N with tert-alkyl or cyclic N) is 1. The highest BCUT2D eigenvalue weighted by Gasteiger charge is 2.39. The lowest BCUT2D eigenvalue weighted by molar-refractivity contribution is -0.388. The Morgan fingerprint density at radius 1 is 1.43 bits per heavy atom. The van der Waals surface area contributed by atoms with E-state index in [0.717, 1.165) is 12.1 Å². The highest BCUT2D eigenvalue weighted by molar-refractivity contribution is 5.57. The molecule has 8 heteroatoms. The molecule has 1 aliphatic heterocycles. The maximum Gasteiger partial charge on any atom is 0.423 e. The molecule has 0 spiro atoms. The molecule has 1 saturated heterocycles. The molecule has 0 aliphatic carbocycles. The third kappa shape index (κ3) is 3.26. The van der Waals surface area contributed by atoms with Gasteiger partial charge in [0.05, 0.1) is 11.0 Å². The van der Waals surface area contributed by atoms with Gasteiger partial charge in [0.15, 0.2) is 0 Å². The first-order valence-electron chi connectivity index (χ1n) is 6.49. The first-order valence-corrected chi connectivity index (χ1v) is 6.49. The lowest BCUT2D eigenvalue weighted by Gasteiger charge is -2.36. The van der Waals surface area contributed by atoms with Gasteiger partial charge in [0, 0.05) is 24.8 Å². The number of rotatable bonds is 2. The fourth-order valence-electron chi connectivity index (χ4n) is 2.39. The van der Waals surface area contributed by atoms with E-state index in [0.29, 0.717) is 13.0 Å². The van der Waals surface area contributed by atoms with Crippen molar-refractivity contribution in [1.82, 2.24) is 0 Å². The summed E-state index contributed by atoms with van der Waals surface area (Å²) in [5.74, 6) is 0.0846. The number of anilines is 1. The molecule has 2 rings (SSSR count). The summed E-state index contributed by atoms with van der Waals surface area (Å²) in [7, 11) is 0. The Kier molecular flexibility index (Phi) is 4.08. The quantitative estimate of drug-likeness (QED) is 0.674. The van der Waals surface area contributed by atoms with E-state index in [4.69, 9.17) is 0 Å². The van der Waals surface area contributed by atoms with Gasteiger partial charge < -0.3 is 10.0 Å². The first-order chi connectivity index (χ1) is 9.70. The minimum atomic E-state index is -4.79. The van der Waals surface area contributed by atoms with Gasteiger partial charge in [-0.05, 0) is 24.5 Å². The summed E-state index contributed by atoms with van der Waals surface area (Å²) in [5, 5.41) is 20.5. The van der Waals surface area contributed by atoms with Crippen LogP contribution in [0.3, 0.4) is 0 Å². The number of benzene rings is 1. The van der Waals surface area contributed by atoms with Gasteiger partial charge in [-0.3, -0.25) is 10.1 Å². The van der Waals surface area contributed by atoms with Crippen molar-refractivity contribution < 1.29 is 23.2 Å². The van der Waals surface area contributed by atoms with Crippen LogP contribution in [0.1, 0.15) is 18.9 Å². The zero-order valence-electron chi connectivity index (χ0n) is 11.3. The Balaban J connectivity index is 2.36. The maximum absolute atomic E-state index is 12.9. The molecule has 1 N–H and O–H groups in total. The van der Waals surface area contributed by atoms with Crippen molar-refractivity contribution in [2.24, 2.45) is 5.92 Å². The van der Waals surface area contributed by atoms with Crippen molar-refractivity contribution in [3.63, 3.8) is 0 Å². The highest BCUT2D eigenvalue weighted by atomic mass is 19.4. The summed E-state index contributed by atoms with van der Waals surface area (Å²) in [4.78, 5) is 11.3. The molecular formula is C13H15F3N2O3. The molecule has 0 aromatic heterocycles. The molecule has 2 atom stereocenters. The highest BCUT2D eigenvalue weighted by Crippen LogP contribution is 2.38. The number of nitro groups is 1. The smallest absolute Gasteiger partial charge is 0.391 e. The first kappa shape index (κ1) is 15.6. The number of hydrogen-bond acceptors (Lipinski definition) is 4. The molecule has 1 heterocycles. The molecule has 0 bridgehead atoms. The number of nitro benzene ring substituents is 1. The average molecular weight is 304 g/mol. The van der Waals surface area contributed by atoms with E-state index in [1.165, 1.54) is 6.07 Å². The molecule has 1 fully saturated rings. The van der Waals surface area contributed by atoms with Gasteiger partial charge in [-0.15, -0.1) is 0 Å². The predicted molar refractivity (Wildman–Crippen MR) is 70.1 cm³/mol. The van der Waals surface area contributed by atoms with Gasteiger partial charge in [-0.2, -0.15) is 13.2 Å². The van der Waals surface area contributed by atoms with Crippen LogP contribution in [-0.4, -0.2) is 29.2 Å². The van der Waals surface area contributed by atoms with Gasteiger partial charge in [-0.1, -0.05) is 6.92 Å². The zero-order valence-corrected chi connectivity index (χ0v) is 11.3. The van der Waals surface area contributed by atoms with Gasteiger partial charge in [0.2, 0.25) is 0 Å². The number of hydrogen-bond donors (Lipinski definition) is 1. The van der Waals surface area contributed by atoms with Gasteiger partial charge in [-0.25, -0.2) is 0 Å². The van der Waals surface area contributed by atoms with Crippen LogP contribution < -0.4 is 4.90 Å². The van der Waals surface area contributed by atoms with Crippen LogP contribution in [0.15, 0.2) is 18.2 Å². The molecule has 0 amide bonds. The second kappa shape index (κ2) is 5.51. The van der Waals surface area contributed by atoms with Gasteiger partial charge in [0.25, 0.3) is 5.69 Å². The minimum absolute atomic E-state index is 0.0846. The number of aliphatic hydroxyl groups excluding tert-OH is 1. The van der Waals surface area contributed by atoms with E-state index >= 15 is 0 Å². The summed E-state index contributed by atoms with van der Waals surface area (Å²) in [6.45, 7) is 2.60. The third-order valence-electron chi connectivity index (χ3n) is 3.77. The molecule has 5 nitrogen and oxygen atoms in total. The van der Waals surface area contributed by atoms with Crippen LogP contribution in [-0.2, 0) is 6.18 Å². The Bertz CT molecular complexity index is 548. The lowest BCUT2D eigenvalue weighted by atomic mass is 9.95. The van der Waals surface area contributed by atoms with E-state index in [2.05, 4.69) is 0 Å². The van der Waals surface area contributed by atoms with E-state index < -0.39 is 28.5 Å². The van der Waals surface area contributed by atoms with E-state index in [1.807, 2.05) is 6.92 Å². The fraction of sp³-hybridized carbons (Fsp3) is 0.538. The number of nitrogens with zero attached hydrogens (tertiary/aromatic N) is 2. The van der Waals surface area contributed by atoms with Gasteiger partial charge in [0.1, 0.15) is 5.56 Å². The lowest BCUT2D eigenvalue weighted by Crippen LogP contribution is -2.43. The van der Waals surface area contributed by atoms with Crippen molar-refractivity contribution in [2.75, 3.05) is 18.0 Å². The van der Waals surface area contributed by atoms with Crippen molar-refractivity contribution in [2.45, 2.75) is 25.6 Å². The largest absolute Gasteiger partial charge is 0.423 e. The van der Waals surface area contributed by atoms with Crippen molar-refractivity contribution in [1.29, 1.82) is 0 Å². The minimum Gasteiger partial charge on any atom is -0.391 e. The van der Waals surface area contributed by atoms with Crippen LogP contribution in [0.25, 0.3) is 0 Å². The predicted octanol–water partition coefficient (Wildman–Crippen LogP) is 2.82. The molecule has 0 radical (unpaired) electrons. The summed E-state index contributed by atoms with van der Waals surface area (Å²) < 4.78 is 38.8. The summed E-state index contributed by atoms with van der Waals surface area (Å²) in [6, 6.07) is 2.93. The molecule has 0 saturated carbocycles. The topological polar surface area (TPSA) is 66.6 Å². The third-order valence-corrected chi connectivity index (χ3v) is 3.77. The Hall–Kier alpha value is -1.83. The molecule has 1 aliphatic rings. The molecule has 1 aromatic carbocycles. The molecule has 21 heavy (non-hydrogen) atoms. The number of alkyl halides is 3. The normalized spacial score (nSPS) is 23.2. The van der Waals surface area contributed by atoms with Crippen LogP contribution in [0.4, 0.5) is 24.5 Å². The second-order valence-corrected chi connectivity index (χ2v) is 5.24. The van der Waals surface area contributed by atoms with Crippen LogP contribution >= 0.6 is 0 Å². The summed E-state index contributed by atoms with van der Waals surface area (Å²) in [6.07, 6.45) is -4.76. The van der Waals surface area contributed by atoms with Crippen LogP contribution in [0, 0.1) is 16.0 Å². The van der Waals surface area contributed by atoms with Crippen LogP contribution in [0.2, 0.25) is 0 Å². The Morgan fingerprint density at radius 3 is 2.62 bits per heavy atom. The van der Waals surface area contributed by atoms with E-state index in [-0.39, 0.29) is 18.2 Å². The molecule has 116 valence electrons. The second-order valence-electron chi connectivity index (χ2n) is 5.24. The molecule has 1 aromatic rings. The van der Waals surface area contributed by atoms with Crippen molar-refractivity contribution >= 4 is 11.4 Å². The number of aliphatic hydroxyl groups is 1. The van der Waals surface area contributed by atoms with E-state index in [9.17, 15) is 28.4 Å². The van der Waals surface area contributed by atoms with Crippen molar-refractivity contribution in [3.8, 4) is 0 Å². The van der Waals surface area contributed by atoms with Crippen LogP contribution in [0.5, 0.6) is 0 Å². The fourth-order valence-corrected chi connectivity index (χ4v) is 2.39. The number of piperidine rings is 1. The Morgan fingerprint density at radius 2 is 2.10 bits per heavy atom. The SMILES string of the molecule is CC1CCN(c2ccc([N+](=O)[O-])c(C(F)(F)F)c2)CC1O. The zero-order chi connectivity index (χ0) is 15.8. The monoisotopic (exact) mass is 304 g/mol. The molecule has 2 unspecified atom stereocenters. The average Bonchev–Trinajstić information content (AvgIpc) is 2.40. The van der Waals surface area contributed by atoms with Gasteiger partial charge >= 0.3 is 6.18 Å².